The van der Waals surface area contributed by atoms with Gasteiger partial charge in [-0.2, -0.15) is 0 Å². The molecule has 1 aromatic carbocycles. The van der Waals surface area contributed by atoms with Crippen molar-refractivity contribution < 1.29 is 9.53 Å². The molecule has 3 unspecified atom stereocenters. The number of carbonyl (C=O) groups excluding carboxylic acids is 1. The minimum absolute atomic E-state index is 0.0344. The van der Waals surface area contributed by atoms with Crippen LogP contribution in [0.15, 0.2) is 58.1 Å². The molecule has 1 aromatic heterocycles. The van der Waals surface area contributed by atoms with Gasteiger partial charge in [0, 0.05) is 18.5 Å². The zero-order chi connectivity index (χ0) is 32.1. The average Bonchev–Trinajstić information content (AvgIpc) is 3.60. The summed E-state index contributed by atoms with van der Waals surface area (Å²) in [4.78, 5) is 41.2. The van der Waals surface area contributed by atoms with E-state index in [1.807, 2.05) is 35.0 Å². The van der Waals surface area contributed by atoms with Gasteiger partial charge in [0.25, 0.3) is 0 Å². The van der Waals surface area contributed by atoms with Crippen molar-refractivity contribution in [2.24, 2.45) is 52.3 Å². The van der Waals surface area contributed by atoms with E-state index in [0.717, 1.165) is 44.2 Å². The molecule has 7 rings (SSSR count). The highest BCUT2D eigenvalue weighted by Crippen LogP contribution is 2.73. The van der Waals surface area contributed by atoms with E-state index in [0.29, 0.717) is 35.8 Å². The molecule has 242 valence electrons. The fraction of sp³-hybridized carbons (Fsp3) is 0.658. The van der Waals surface area contributed by atoms with Crippen LogP contribution in [0.1, 0.15) is 93.4 Å². The van der Waals surface area contributed by atoms with Crippen LogP contribution in [0.4, 0.5) is 0 Å². The maximum absolute atomic E-state index is 14.7. The first kappa shape index (κ1) is 30.6. The number of allylic oxidation sites excluding steroid dienone is 4. The molecule has 0 saturated heterocycles. The summed E-state index contributed by atoms with van der Waals surface area (Å²) in [5.41, 5.74) is 0.441. The number of para-hydroxylation sites is 1. The Morgan fingerprint density at radius 1 is 0.911 bits per heavy atom. The Hall–Kier alpha value is -3.09. The van der Waals surface area contributed by atoms with Crippen LogP contribution in [-0.2, 0) is 15.1 Å². The number of aromatic nitrogens is 3. The van der Waals surface area contributed by atoms with Gasteiger partial charge >= 0.3 is 17.3 Å². The largest absolute Gasteiger partial charge is 0.463 e. The Labute approximate surface area is 267 Å². The predicted octanol–water partition coefficient (Wildman–Crippen LogP) is 7.03. The van der Waals surface area contributed by atoms with Crippen molar-refractivity contribution >= 4 is 11.7 Å². The molecule has 2 aromatic rings. The first-order valence-electron chi connectivity index (χ1n) is 17.5. The molecule has 45 heavy (non-hydrogen) atoms. The molecule has 3 heterocycles. The summed E-state index contributed by atoms with van der Waals surface area (Å²) < 4.78 is 10.9. The number of carbonyl (C=O) groups is 1. The summed E-state index contributed by atoms with van der Waals surface area (Å²) in [7, 11) is 0. The summed E-state index contributed by atoms with van der Waals surface area (Å²) in [6.45, 7) is 15.7. The molecule has 10 atom stereocenters. The van der Waals surface area contributed by atoms with Gasteiger partial charge in [-0.15, -0.1) is 0 Å². The minimum Gasteiger partial charge on any atom is -0.463 e. The van der Waals surface area contributed by atoms with Crippen LogP contribution in [0, 0.1) is 52.3 Å². The van der Waals surface area contributed by atoms with Gasteiger partial charge in [-0.25, -0.2) is 23.5 Å². The SMILES string of the molecule is CC(=O)O[C@H]1CC[C@@]2(C)C(C1)C1=C[C@]3(C2CC[C@@]2(C)C3CC[C@@H]2[C@H](C)/C=C/[C@H](C)C(C)C)n2c(=O)n(-c3ccccc3)c(=O)n21. The summed E-state index contributed by atoms with van der Waals surface area (Å²) in [5.74, 6) is 2.36. The zero-order valence-corrected chi connectivity index (χ0v) is 28.2. The van der Waals surface area contributed by atoms with Crippen molar-refractivity contribution in [1.82, 2.24) is 13.9 Å². The van der Waals surface area contributed by atoms with Crippen LogP contribution >= 0.6 is 0 Å². The smallest absolute Gasteiger partial charge is 0.356 e. The highest BCUT2D eigenvalue weighted by atomic mass is 16.5. The Morgan fingerprint density at radius 2 is 1.60 bits per heavy atom. The second-order valence-electron chi connectivity index (χ2n) is 16.1. The highest BCUT2D eigenvalue weighted by molar-refractivity contribution is 5.66. The molecule has 3 saturated carbocycles. The summed E-state index contributed by atoms with van der Waals surface area (Å²) in [5, 5.41) is 0. The van der Waals surface area contributed by atoms with Crippen LogP contribution in [0.2, 0.25) is 0 Å². The number of rotatable bonds is 6. The topological polar surface area (TPSA) is 75.2 Å². The lowest BCUT2D eigenvalue weighted by Gasteiger charge is -2.62. The number of benzene rings is 1. The highest BCUT2D eigenvalue weighted by Gasteiger charge is 2.71. The van der Waals surface area contributed by atoms with Crippen molar-refractivity contribution in [3.05, 3.63) is 69.5 Å². The van der Waals surface area contributed by atoms with E-state index in [9.17, 15) is 14.4 Å². The lowest BCUT2D eigenvalue weighted by atomic mass is 9.43. The lowest BCUT2D eigenvalue weighted by Crippen LogP contribution is -2.63. The van der Waals surface area contributed by atoms with E-state index in [4.69, 9.17) is 4.74 Å². The molecule has 0 N–H and O–H groups in total. The number of fused-ring (bicyclic) bond motifs is 4. The van der Waals surface area contributed by atoms with Gasteiger partial charge in [0.2, 0.25) is 0 Å². The standard InChI is InChI=1S/C38H51N3O4/c1-23(2)24(3)13-14-25(4)29-15-16-32-36(29,6)20-18-33-37(7)19-17-28(45-26(5)42)21-30(37)31-22-38(32,33)41-35(44)39(34(43)40(31)41)27-11-9-8-10-12-27/h8-14,22-25,28-30,32-33H,15-21H2,1-7H3/b14-13+/t24-,25+,28-,29+,30?,32?,33?,36+,37-,38-/m0/s1. The molecule has 3 fully saturated rings. The van der Waals surface area contributed by atoms with Crippen molar-refractivity contribution in [2.45, 2.75) is 105 Å². The van der Waals surface area contributed by atoms with Gasteiger partial charge in [-0.3, -0.25) is 4.79 Å². The molecular formula is C38H51N3O4. The first-order chi connectivity index (χ1) is 21.3. The molecule has 7 nitrogen and oxygen atoms in total. The first-order valence-corrected chi connectivity index (χ1v) is 17.5. The second-order valence-corrected chi connectivity index (χ2v) is 16.1. The Bertz CT molecular complexity index is 1680. The zero-order valence-electron chi connectivity index (χ0n) is 28.2. The van der Waals surface area contributed by atoms with Gasteiger partial charge in [0.1, 0.15) is 6.10 Å². The van der Waals surface area contributed by atoms with Crippen LogP contribution < -0.4 is 11.4 Å². The Balaban J connectivity index is 1.39. The molecule has 1 spiro atoms. The van der Waals surface area contributed by atoms with E-state index in [2.05, 4.69) is 59.8 Å². The van der Waals surface area contributed by atoms with E-state index >= 15 is 0 Å². The fourth-order valence-corrected chi connectivity index (χ4v) is 11.2. The van der Waals surface area contributed by atoms with Crippen molar-refractivity contribution in [3.8, 4) is 5.69 Å². The average molecular weight is 614 g/mol. The molecule has 7 heteroatoms. The van der Waals surface area contributed by atoms with Gasteiger partial charge in [0.05, 0.1) is 11.2 Å². The van der Waals surface area contributed by atoms with Crippen molar-refractivity contribution in [1.29, 1.82) is 0 Å². The molecule has 0 radical (unpaired) electrons. The van der Waals surface area contributed by atoms with Crippen LogP contribution in [-0.4, -0.2) is 26.0 Å². The molecule has 0 amide bonds. The summed E-state index contributed by atoms with van der Waals surface area (Å²) in [6.07, 6.45) is 13.8. The van der Waals surface area contributed by atoms with Crippen molar-refractivity contribution in [2.75, 3.05) is 0 Å². The number of ether oxygens (including phenoxy) is 1. The molecule has 2 bridgehead atoms. The van der Waals surface area contributed by atoms with Crippen molar-refractivity contribution in [3.63, 3.8) is 0 Å². The third-order valence-electron chi connectivity index (χ3n) is 13.6. The van der Waals surface area contributed by atoms with Crippen LogP contribution in [0.25, 0.3) is 11.4 Å². The summed E-state index contributed by atoms with van der Waals surface area (Å²) in [6, 6.07) is 9.37. The third kappa shape index (κ3) is 4.17. The number of hydrogen-bond donors (Lipinski definition) is 0. The molecular weight excluding hydrogens is 562 g/mol. The lowest BCUT2D eigenvalue weighted by molar-refractivity contribution is -0.154. The normalized spacial score (nSPS) is 37.9. The minimum atomic E-state index is -0.554. The van der Waals surface area contributed by atoms with Gasteiger partial charge in [0.15, 0.2) is 0 Å². The van der Waals surface area contributed by atoms with E-state index < -0.39 is 5.54 Å². The third-order valence-corrected chi connectivity index (χ3v) is 13.6. The monoisotopic (exact) mass is 613 g/mol. The van der Waals surface area contributed by atoms with Crippen LogP contribution in [0.3, 0.4) is 0 Å². The molecule has 5 aliphatic rings. The molecule has 3 aliphatic carbocycles. The van der Waals surface area contributed by atoms with E-state index in [1.54, 1.807) is 4.68 Å². The number of esters is 1. The summed E-state index contributed by atoms with van der Waals surface area (Å²) >= 11 is 0. The fourth-order valence-electron chi connectivity index (χ4n) is 11.2. The van der Waals surface area contributed by atoms with Gasteiger partial charge < -0.3 is 4.74 Å². The van der Waals surface area contributed by atoms with E-state index in [-0.39, 0.29) is 52.0 Å². The quantitative estimate of drug-likeness (QED) is 0.259. The maximum Gasteiger partial charge on any atom is 0.356 e. The molecule has 2 aliphatic heterocycles. The second kappa shape index (κ2) is 10.5. The Kier molecular flexibility index (Phi) is 7.11. The number of hydrogen-bond acceptors (Lipinski definition) is 4. The predicted molar refractivity (Wildman–Crippen MR) is 177 cm³/mol. The maximum atomic E-state index is 14.7. The van der Waals surface area contributed by atoms with Gasteiger partial charge in [-0.05, 0) is 109 Å². The van der Waals surface area contributed by atoms with Gasteiger partial charge in [-0.1, -0.05) is 71.9 Å². The Morgan fingerprint density at radius 3 is 2.29 bits per heavy atom. The van der Waals surface area contributed by atoms with E-state index in [1.165, 1.54) is 11.5 Å². The van der Waals surface area contributed by atoms with Crippen LogP contribution in [0.5, 0.6) is 0 Å². The number of nitrogens with zero attached hydrogens (tertiary/aromatic N) is 3.